The number of carbonyl (C=O) groups excluding carboxylic acids is 2. The van der Waals surface area contributed by atoms with Gasteiger partial charge in [0.1, 0.15) is 5.41 Å². The van der Waals surface area contributed by atoms with Crippen LogP contribution in [0.25, 0.3) is 0 Å². The fourth-order valence-electron chi connectivity index (χ4n) is 4.46. The van der Waals surface area contributed by atoms with E-state index in [0.717, 1.165) is 31.2 Å². The fourth-order valence-corrected chi connectivity index (χ4v) is 4.46. The molecular formula is C18H19N3O2. The van der Waals surface area contributed by atoms with Crippen molar-refractivity contribution in [2.24, 2.45) is 10.8 Å². The summed E-state index contributed by atoms with van der Waals surface area (Å²) in [5.74, 6) is -0.294. The predicted octanol–water partition coefficient (Wildman–Crippen LogP) is 2.39. The maximum Gasteiger partial charge on any atom is 0.251 e. The van der Waals surface area contributed by atoms with Gasteiger partial charge in [-0.1, -0.05) is 18.9 Å². The molecule has 5 nitrogen and oxygen atoms in total. The van der Waals surface area contributed by atoms with Crippen LogP contribution in [-0.4, -0.2) is 18.4 Å². The minimum absolute atomic E-state index is 0.0992. The van der Waals surface area contributed by atoms with Gasteiger partial charge in [-0.15, -0.1) is 0 Å². The molecule has 3 aliphatic rings. The minimum atomic E-state index is -0.872. The SMILES string of the molecule is N#CC1(C(=O)Nc2cccc3c2CCNC3=O)CC12CCCC2. The first-order chi connectivity index (χ1) is 11.1. The highest BCUT2D eigenvalue weighted by molar-refractivity contribution is 6.04. The lowest BCUT2D eigenvalue weighted by Gasteiger charge is -2.21. The average Bonchev–Trinajstić information content (AvgIpc) is 2.94. The molecule has 2 aliphatic carbocycles. The fraction of sp³-hybridized carbons (Fsp3) is 0.500. The topological polar surface area (TPSA) is 82.0 Å². The average molecular weight is 309 g/mol. The Bertz CT molecular complexity index is 743. The van der Waals surface area contributed by atoms with Crippen molar-refractivity contribution in [2.45, 2.75) is 38.5 Å². The Balaban J connectivity index is 1.62. The van der Waals surface area contributed by atoms with Gasteiger partial charge in [-0.05, 0) is 43.4 Å². The van der Waals surface area contributed by atoms with Gasteiger partial charge in [0, 0.05) is 23.2 Å². The minimum Gasteiger partial charge on any atom is -0.352 e. The second-order valence-electron chi connectivity index (χ2n) is 6.97. The van der Waals surface area contributed by atoms with Gasteiger partial charge in [0.15, 0.2) is 0 Å². The Kier molecular flexibility index (Phi) is 2.99. The summed E-state index contributed by atoms with van der Waals surface area (Å²) < 4.78 is 0. The van der Waals surface area contributed by atoms with Crippen LogP contribution in [0.15, 0.2) is 18.2 Å². The quantitative estimate of drug-likeness (QED) is 0.880. The summed E-state index contributed by atoms with van der Waals surface area (Å²) >= 11 is 0. The molecule has 1 aliphatic heterocycles. The Hall–Kier alpha value is -2.35. The molecule has 1 heterocycles. The van der Waals surface area contributed by atoms with E-state index in [-0.39, 0.29) is 17.2 Å². The molecule has 1 atom stereocenters. The Morgan fingerprint density at radius 2 is 2.09 bits per heavy atom. The molecule has 2 N–H and O–H groups in total. The maximum absolute atomic E-state index is 12.8. The monoisotopic (exact) mass is 309 g/mol. The second kappa shape index (κ2) is 4.82. The van der Waals surface area contributed by atoms with Crippen LogP contribution >= 0.6 is 0 Å². The van der Waals surface area contributed by atoms with Crippen LogP contribution < -0.4 is 10.6 Å². The summed E-state index contributed by atoms with van der Waals surface area (Å²) in [6.07, 6.45) is 5.54. The largest absolute Gasteiger partial charge is 0.352 e. The lowest BCUT2D eigenvalue weighted by atomic mass is 9.91. The van der Waals surface area contributed by atoms with Crippen molar-refractivity contribution in [3.8, 4) is 6.07 Å². The summed E-state index contributed by atoms with van der Waals surface area (Å²) in [5, 5.41) is 15.4. The zero-order valence-corrected chi connectivity index (χ0v) is 12.9. The summed E-state index contributed by atoms with van der Waals surface area (Å²) in [6.45, 7) is 0.575. The van der Waals surface area contributed by atoms with Gasteiger partial charge < -0.3 is 10.6 Å². The number of nitrogens with zero attached hydrogens (tertiary/aromatic N) is 1. The zero-order chi connectivity index (χ0) is 16.1. The first-order valence-corrected chi connectivity index (χ1v) is 8.25. The number of benzene rings is 1. The molecule has 5 heteroatoms. The molecule has 1 aromatic rings. The summed E-state index contributed by atoms with van der Waals surface area (Å²) in [6, 6.07) is 7.67. The molecule has 4 rings (SSSR count). The first-order valence-electron chi connectivity index (χ1n) is 8.25. The number of nitrogens with one attached hydrogen (secondary N) is 2. The number of rotatable bonds is 2. The normalized spacial score (nSPS) is 27.0. The molecule has 2 saturated carbocycles. The van der Waals surface area contributed by atoms with Gasteiger partial charge in [-0.2, -0.15) is 5.26 Å². The third-order valence-corrected chi connectivity index (χ3v) is 5.85. The van der Waals surface area contributed by atoms with Crippen molar-refractivity contribution in [1.29, 1.82) is 5.26 Å². The van der Waals surface area contributed by atoms with Crippen LogP contribution in [0.4, 0.5) is 5.69 Å². The maximum atomic E-state index is 12.8. The molecule has 0 bridgehead atoms. The molecule has 0 saturated heterocycles. The number of hydrogen-bond acceptors (Lipinski definition) is 3. The number of hydrogen-bond donors (Lipinski definition) is 2. The smallest absolute Gasteiger partial charge is 0.251 e. The molecule has 2 amide bonds. The summed E-state index contributed by atoms with van der Waals surface area (Å²) in [5.41, 5.74) is 1.20. The number of nitriles is 1. The number of carbonyl (C=O) groups is 2. The van der Waals surface area contributed by atoms with Crippen molar-refractivity contribution in [3.05, 3.63) is 29.3 Å². The highest BCUT2D eigenvalue weighted by Crippen LogP contribution is 2.71. The van der Waals surface area contributed by atoms with E-state index in [9.17, 15) is 14.9 Å². The third-order valence-electron chi connectivity index (χ3n) is 5.85. The third kappa shape index (κ3) is 1.91. The van der Waals surface area contributed by atoms with E-state index in [0.29, 0.717) is 30.6 Å². The van der Waals surface area contributed by atoms with Gasteiger partial charge in [-0.25, -0.2) is 0 Å². The van der Waals surface area contributed by atoms with Crippen molar-refractivity contribution in [3.63, 3.8) is 0 Å². The molecular weight excluding hydrogens is 290 g/mol. The highest BCUT2D eigenvalue weighted by atomic mass is 16.2. The standard InChI is InChI=1S/C18H19N3O2/c19-11-18(10-17(18)7-1-2-8-17)16(23)21-14-5-3-4-13-12(14)6-9-20-15(13)22/h3-5H,1-2,6-10H2,(H,20,22)(H,21,23). The summed E-state index contributed by atoms with van der Waals surface area (Å²) in [7, 11) is 0. The number of anilines is 1. The molecule has 2 fully saturated rings. The lowest BCUT2D eigenvalue weighted by Crippen LogP contribution is -2.33. The van der Waals surface area contributed by atoms with Crippen LogP contribution in [0.3, 0.4) is 0 Å². The molecule has 118 valence electrons. The van der Waals surface area contributed by atoms with E-state index in [4.69, 9.17) is 0 Å². The van der Waals surface area contributed by atoms with Gasteiger partial charge in [-0.3, -0.25) is 9.59 Å². The van der Waals surface area contributed by atoms with E-state index in [1.54, 1.807) is 12.1 Å². The summed E-state index contributed by atoms with van der Waals surface area (Å²) in [4.78, 5) is 24.7. The molecule has 1 unspecified atom stereocenters. The molecule has 1 spiro atoms. The molecule has 1 aromatic carbocycles. The van der Waals surface area contributed by atoms with Gasteiger partial charge in [0.25, 0.3) is 5.91 Å². The van der Waals surface area contributed by atoms with E-state index < -0.39 is 5.41 Å². The van der Waals surface area contributed by atoms with Crippen LogP contribution in [0.1, 0.15) is 48.0 Å². The van der Waals surface area contributed by atoms with E-state index >= 15 is 0 Å². The molecule has 0 radical (unpaired) electrons. The van der Waals surface area contributed by atoms with Gasteiger partial charge >= 0.3 is 0 Å². The number of fused-ring (bicyclic) bond motifs is 1. The van der Waals surface area contributed by atoms with Crippen molar-refractivity contribution in [1.82, 2.24) is 5.32 Å². The van der Waals surface area contributed by atoms with Gasteiger partial charge in [0.05, 0.1) is 6.07 Å². The van der Waals surface area contributed by atoms with E-state index in [2.05, 4.69) is 16.7 Å². The highest BCUT2D eigenvalue weighted by Gasteiger charge is 2.72. The van der Waals surface area contributed by atoms with Crippen molar-refractivity contribution >= 4 is 17.5 Å². The first kappa shape index (κ1) is 14.3. The molecule has 0 aromatic heterocycles. The van der Waals surface area contributed by atoms with Crippen molar-refractivity contribution in [2.75, 3.05) is 11.9 Å². The van der Waals surface area contributed by atoms with Crippen LogP contribution in [0.5, 0.6) is 0 Å². The zero-order valence-electron chi connectivity index (χ0n) is 12.9. The second-order valence-corrected chi connectivity index (χ2v) is 6.97. The van der Waals surface area contributed by atoms with E-state index in [1.807, 2.05) is 6.07 Å². The van der Waals surface area contributed by atoms with Crippen LogP contribution in [0, 0.1) is 22.2 Å². The van der Waals surface area contributed by atoms with Crippen LogP contribution in [0.2, 0.25) is 0 Å². The Morgan fingerprint density at radius 3 is 2.83 bits per heavy atom. The predicted molar refractivity (Wildman–Crippen MR) is 84.7 cm³/mol. The number of amides is 2. The lowest BCUT2D eigenvalue weighted by molar-refractivity contribution is -0.120. The van der Waals surface area contributed by atoms with Crippen molar-refractivity contribution < 1.29 is 9.59 Å². The Labute approximate surface area is 135 Å². The van der Waals surface area contributed by atoms with Crippen LogP contribution in [-0.2, 0) is 11.2 Å². The Morgan fingerprint density at radius 1 is 1.30 bits per heavy atom. The molecule has 23 heavy (non-hydrogen) atoms. The van der Waals surface area contributed by atoms with Gasteiger partial charge in [0.2, 0.25) is 5.91 Å². The van der Waals surface area contributed by atoms with E-state index in [1.165, 1.54) is 0 Å².